The molecule has 1 atom stereocenters. The Bertz CT molecular complexity index is 800. The number of aliphatic carboxylic acids is 1. The van der Waals surface area contributed by atoms with Gasteiger partial charge in [0.15, 0.2) is 14.6 Å². The molecule has 0 saturated carbocycles. The molecule has 0 radical (unpaired) electrons. The molecule has 2 rings (SSSR count). The van der Waals surface area contributed by atoms with Crippen molar-refractivity contribution in [2.75, 3.05) is 6.26 Å². The van der Waals surface area contributed by atoms with E-state index in [1.165, 1.54) is 18.3 Å². The number of benzene rings is 1. The van der Waals surface area contributed by atoms with Gasteiger partial charge < -0.3 is 5.11 Å². The summed E-state index contributed by atoms with van der Waals surface area (Å²) in [6.07, 6.45) is 1.30. The predicted octanol–water partition coefficient (Wildman–Crippen LogP) is 2.72. The van der Waals surface area contributed by atoms with Crippen molar-refractivity contribution in [3.05, 3.63) is 26.8 Å². The molecule has 0 aliphatic heterocycles. The molecule has 0 amide bonds. The van der Waals surface area contributed by atoms with Gasteiger partial charge in [-0.1, -0.05) is 0 Å². The molecule has 0 aliphatic carbocycles. The van der Waals surface area contributed by atoms with Crippen molar-refractivity contribution in [1.29, 1.82) is 0 Å². The van der Waals surface area contributed by atoms with Crippen molar-refractivity contribution in [2.24, 2.45) is 0 Å². The largest absolute Gasteiger partial charge is 0.480 e. The van der Waals surface area contributed by atoms with Crippen LogP contribution in [0.5, 0.6) is 0 Å². The molecule has 0 saturated heterocycles. The number of hydrogen-bond acceptors (Lipinski definition) is 5. The molecule has 21 heavy (non-hydrogen) atoms. The zero-order chi connectivity index (χ0) is 15.8. The normalized spacial score (nSPS) is 15.0. The smallest absolute Gasteiger partial charge is 0.324 e. The van der Waals surface area contributed by atoms with Crippen LogP contribution >= 0.6 is 33.9 Å². The summed E-state index contributed by atoms with van der Waals surface area (Å²) in [5.41, 5.74) is 0.854. The van der Waals surface area contributed by atoms with Crippen LogP contribution < -0.4 is 0 Å². The fourth-order valence-corrected chi connectivity index (χ4v) is 4.35. The minimum atomic E-state index is -3.69. The topological polar surface area (TPSA) is 84.3 Å². The van der Waals surface area contributed by atoms with Crippen molar-refractivity contribution in [3.63, 3.8) is 0 Å². The van der Waals surface area contributed by atoms with Crippen molar-refractivity contribution in [1.82, 2.24) is 4.98 Å². The number of rotatable bonds is 5. The monoisotopic (exact) mass is 439 g/mol. The molecule has 0 spiro atoms. The maximum atomic E-state index is 11.7. The Morgan fingerprint density at radius 3 is 2.71 bits per heavy atom. The first kappa shape index (κ1) is 16.6. The molecule has 5 nitrogen and oxygen atoms in total. The number of nitrogens with zero attached hydrogens (tertiary/aromatic N) is 1. The first-order valence-corrected chi connectivity index (χ1v) is 9.90. The van der Waals surface area contributed by atoms with E-state index in [9.17, 15) is 18.3 Å². The molecule has 2 aromatic rings. The van der Waals surface area contributed by atoms with Crippen LogP contribution in [0.3, 0.4) is 0 Å². The number of fused-ring (bicyclic) bond motifs is 1. The number of aryl methyl sites for hydroxylation is 1. The summed E-state index contributed by atoms with van der Waals surface area (Å²) in [5.74, 6) is -1.32. The summed E-state index contributed by atoms with van der Waals surface area (Å²) < 4.78 is 23.8. The minimum Gasteiger partial charge on any atom is -0.480 e. The van der Waals surface area contributed by atoms with E-state index < -0.39 is 20.6 Å². The Labute approximate surface area is 140 Å². The van der Waals surface area contributed by atoms with E-state index in [1.807, 2.05) is 18.2 Å². The number of halogens is 1. The van der Waals surface area contributed by atoms with Crippen LogP contribution in [0.2, 0.25) is 0 Å². The highest BCUT2D eigenvalue weighted by atomic mass is 127. The number of carbonyl (C=O) groups is 1. The molecule has 1 unspecified atom stereocenters. The summed E-state index contributed by atoms with van der Waals surface area (Å²) in [6, 6.07) is 5.86. The van der Waals surface area contributed by atoms with Gasteiger partial charge in [-0.25, -0.2) is 13.4 Å². The van der Waals surface area contributed by atoms with E-state index in [1.54, 1.807) is 0 Å². The van der Waals surface area contributed by atoms with Crippen molar-refractivity contribution in [3.8, 4) is 0 Å². The second-order valence-electron chi connectivity index (χ2n) is 5.03. The lowest BCUT2D eigenvalue weighted by Crippen LogP contribution is -2.43. The summed E-state index contributed by atoms with van der Waals surface area (Å²) in [7, 11) is -3.69. The molecule has 1 heterocycles. The van der Waals surface area contributed by atoms with Gasteiger partial charge >= 0.3 is 5.97 Å². The maximum absolute atomic E-state index is 11.7. The third kappa shape index (κ3) is 3.37. The lowest BCUT2D eigenvalue weighted by atomic mass is 10.1. The quantitative estimate of drug-likeness (QED) is 0.725. The number of hydrogen-bond donors (Lipinski definition) is 1. The van der Waals surface area contributed by atoms with Crippen molar-refractivity contribution in [2.45, 2.75) is 24.5 Å². The van der Waals surface area contributed by atoms with Gasteiger partial charge in [-0.05, 0) is 54.1 Å². The SMILES string of the molecule is CC(CCc1nc2ccc(I)cc2s1)(C(=O)O)S(C)(=O)=O. The minimum absolute atomic E-state index is 0.0120. The highest BCUT2D eigenvalue weighted by Gasteiger charge is 2.43. The molecule has 8 heteroatoms. The molecule has 0 aliphatic rings. The van der Waals surface area contributed by atoms with Gasteiger partial charge in [0.2, 0.25) is 0 Å². The third-order valence-electron chi connectivity index (χ3n) is 3.48. The maximum Gasteiger partial charge on any atom is 0.324 e. The van der Waals surface area contributed by atoms with Gasteiger partial charge in [-0.2, -0.15) is 0 Å². The van der Waals surface area contributed by atoms with E-state index in [4.69, 9.17) is 0 Å². The Hall–Kier alpha value is -0.740. The Balaban J connectivity index is 2.26. The van der Waals surface area contributed by atoms with Gasteiger partial charge in [-0.3, -0.25) is 4.79 Å². The highest BCUT2D eigenvalue weighted by Crippen LogP contribution is 2.28. The number of aromatic nitrogens is 1. The summed E-state index contributed by atoms with van der Waals surface area (Å²) in [6.45, 7) is 1.25. The Morgan fingerprint density at radius 2 is 2.14 bits per heavy atom. The van der Waals surface area contributed by atoms with Crippen LogP contribution in [0, 0.1) is 3.57 Å². The Morgan fingerprint density at radius 1 is 1.48 bits per heavy atom. The van der Waals surface area contributed by atoms with Crippen LogP contribution in [-0.4, -0.2) is 35.5 Å². The Kier molecular flexibility index (Phi) is 4.60. The standard InChI is InChI=1S/C13H14INO4S2/c1-13(12(16)17,21(2,18)19)6-5-11-15-9-4-3-8(14)7-10(9)20-11/h3-4,7H,5-6H2,1-2H3,(H,16,17). The van der Waals surface area contributed by atoms with Crippen LogP contribution in [0.1, 0.15) is 18.4 Å². The van der Waals surface area contributed by atoms with E-state index in [0.29, 0.717) is 6.42 Å². The molecular formula is C13H14INO4S2. The van der Waals surface area contributed by atoms with Gasteiger partial charge in [-0.15, -0.1) is 11.3 Å². The van der Waals surface area contributed by atoms with Gasteiger partial charge in [0, 0.05) is 16.2 Å². The molecule has 1 aromatic carbocycles. The van der Waals surface area contributed by atoms with Crippen LogP contribution in [0.15, 0.2) is 18.2 Å². The fourth-order valence-electron chi connectivity index (χ4n) is 1.85. The fraction of sp³-hybridized carbons (Fsp3) is 0.385. The zero-order valence-electron chi connectivity index (χ0n) is 11.5. The summed E-state index contributed by atoms with van der Waals surface area (Å²) in [5, 5.41) is 9.98. The first-order valence-electron chi connectivity index (χ1n) is 6.11. The number of thiazole rings is 1. The van der Waals surface area contributed by atoms with Crippen molar-refractivity contribution >= 4 is 60.0 Å². The molecule has 114 valence electrons. The lowest BCUT2D eigenvalue weighted by molar-refractivity contribution is -0.139. The van der Waals surface area contributed by atoms with E-state index in [2.05, 4.69) is 27.6 Å². The number of carboxylic acid groups (broad SMARTS) is 1. The third-order valence-corrected chi connectivity index (χ3v) is 7.25. The molecule has 0 fully saturated rings. The van der Waals surface area contributed by atoms with Gasteiger partial charge in [0.1, 0.15) is 0 Å². The summed E-state index contributed by atoms with van der Waals surface area (Å²) >= 11 is 3.68. The zero-order valence-corrected chi connectivity index (χ0v) is 15.3. The van der Waals surface area contributed by atoms with Gasteiger partial charge in [0.25, 0.3) is 0 Å². The highest BCUT2D eigenvalue weighted by molar-refractivity contribution is 14.1. The molecular weight excluding hydrogens is 425 g/mol. The van der Waals surface area contributed by atoms with Crippen LogP contribution in [-0.2, 0) is 21.1 Å². The number of carboxylic acids is 1. The van der Waals surface area contributed by atoms with Gasteiger partial charge in [0.05, 0.1) is 15.2 Å². The second kappa shape index (κ2) is 5.81. The second-order valence-corrected chi connectivity index (χ2v) is 9.83. The van der Waals surface area contributed by atoms with Crippen molar-refractivity contribution < 1.29 is 18.3 Å². The van der Waals surface area contributed by atoms with Crippen LogP contribution in [0.4, 0.5) is 0 Å². The number of sulfone groups is 1. The average Bonchev–Trinajstić information content (AvgIpc) is 2.76. The average molecular weight is 439 g/mol. The predicted molar refractivity (Wildman–Crippen MR) is 91.5 cm³/mol. The first-order chi connectivity index (χ1) is 9.63. The lowest BCUT2D eigenvalue weighted by Gasteiger charge is -2.21. The molecule has 0 bridgehead atoms. The van der Waals surface area contributed by atoms with E-state index >= 15 is 0 Å². The molecule has 1 N–H and O–H groups in total. The van der Waals surface area contributed by atoms with Crippen LogP contribution in [0.25, 0.3) is 10.2 Å². The van der Waals surface area contributed by atoms with E-state index in [0.717, 1.165) is 25.1 Å². The molecule has 1 aromatic heterocycles. The summed E-state index contributed by atoms with van der Waals surface area (Å²) in [4.78, 5) is 15.7. The van der Waals surface area contributed by atoms with E-state index in [-0.39, 0.29) is 6.42 Å².